The van der Waals surface area contributed by atoms with Gasteiger partial charge in [0.25, 0.3) is 0 Å². The third kappa shape index (κ3) is 8.46. The Balaban J connectivity index is 0.000000136. The van der Waals surface area contributed by atoms with Crippen LogP contribution in [0.25, 0.3) is 175 Å². The minimum atomic E-state index is 0.916. The van der Waals surface area contributed by atoms with Crippen molar-refractivity contribution >= 4 is 108 Å². The third-order valence-electron chi connectivity index (χ3n) is 18.1. The molecule has 87 heavy (non-hydrogen) atoms. The molecule has 1 heteroatoms. The number of hydrogen-bond donors (Lipinski definition) is 0. The van der Waals surface area contributed by atoms with Crippen molar-refractivity contribution in [3.63, 3.8) is 0 Å². The van der Waals surface area contributed by atoms with E-state index in [0.29, 0.717) is 0 Å². The maximum absolute atomic E-state index is 6.49. The lowest BCUT2D eigenvalue weighted by atomic mass is 9.83. The molecule has 1 aromatic heterocycles. The number of rotatable bonds is 6. The second-order valence-corrected chi connectivity index (χ2v) is 22.9. The molecule has 0 radical (unpaired) electrons. The quantitative estimate of drug-likeness (QED) is 0.151. The Kier molecular flexibility index (Phi) is 12.0. The zero-order valence-electron chi connectivity index (χ0n) is 47.6. The van der Waals surface area contributed by atoms with Crippen LogP contribution in [0.1, 0.15) is 0 Å². The molecule has 0 saturated carbocycles. The van der Waals surface area contributed by atoms with Gasteiger partial charge in [-0.05, 0) is 183 Å². The molecule has 1 heterocycles. The second-order valence-electron chi connectivity index (χ2n) is 22.9. The molecule has 0 saturated heterocycles. The van der Waals surface area contributed by atoms with Crippen LogP contribution < -0.4 is 0 Å². The summed E-state index contributed by atoms with van der Waals surface area (Å²) < 4.78 is 6.49. The maximum atomic E-state index is 6.49. The van der Waals surface area contributed by atoms with Gasteiger partial charge in [-0.3, -0.25) is 0 Å². The van der Waals surface area contributed by atoms with E-state index in [2.05, 4.69) is 328 Å². The van der Waals surface area contributed by atoms with E-state index in [9.17, 15) is 0 Å². The summed E-state index contributed by atoms with van der Waals surface area (Å²) >= 11 is 0. The van der Waals surface area contributed by atoms with Crippen LogP contribution in [0.3, 0.4) is 0 Å². The van der Waals surface area contributed by atoms with Crippen LogP contribution in [0.15, 0.2) is 332 Å². The average Bonchev–Trinajstić information content (AvgIpc) is 1.81. The molecule has 18 rings (SSSR count). The van der Waals surface area contributed by atoms with Crippen molar-refractivity contribution in [2.24, 2.45) is 0 Å². The van der Waals surface area contributed by atoms with Crippen LogP contribution in [0.2, 0.25) is 0 Å². The molecule has 0 fully saturated rings. The van der Waals surface area contributed by atoms with E-state index in [0.717, 1.165) is 16.6 Å². The highest BCUT2D eigenvalue weighted by atomic mass is 16.3. The zero-order chi connectivity index (χ0) is 57.4. The van der Waals surface area contributed by atoms with Gasteiger partial charge in [0.2, 0.25) is 0 Å². The van der Waals surface area contributed by atoms with Crippen LogP contribution >= 0.6 is 0 Å². The van der Waals surface area contributed by atoms with E-state index in [-0.39, 0.29) is 0 Å². The first kappa shape index (κ1) is 50.2. The summed E-state index contributed by atoms with van der Waals surface area (Å²) in [6, 6.07) is 119. The van der Waals surface area contributed by atoms with Gasteiger partial charge in [0.1, 0.15) is 11.2 Å². The lowest BCUT2D eigenvalue weighted by Gasteiger charge is -2.20. The minimum absolute atomic E-state index is 0.916. The average molecular weight is 1100 g/mol. The number of fused-ring (bicyclic) bond motifs is 11. The molecule has 0 atom stereocenters. The van der Waals surface area contributed by atoms with Gasteiger partial charge in [0.15, 0.2) is 0 Å². The van der Waals surface area contributed by atoms with E-state index in [4.69, 9.17) is 4.42 Å². The Morgan fingerprint density at radius 3 is 1.14 bits per heavy atom. The first-order valence-electron chi connectivity index (χ1n) is 30.0. The van der Waals surface area contributed by atoms with Crippen molar-refractivity contribution in [1.29, 1.82) is 0 Å². The molecule has 0 bridgehead atoms. The van der Waals surface area contributed by atoms with Gasteiger partial charge in [-0.15, -0.1) is 0 Å². The monoisotopic (exact) mass is 1100 g/mol. The van der Waals surface area contributed by atoms with Crippen molar-refractivity contribution in [2.45, 2.75) is 0 Å². The first-order chi connectivity index (χ1) is 43.2. The highest BCUT2D eigenvalue weighted by molar-refractivity contribution is 6.28. The summed E-state index contributed by atoms with van der Waals surface area (Å²) in [5.74, 6) is 0. The normalized spacial score (nSPS) is 11.7. The summed E-state index contributed by atoms with van der Waals surface area (Å²) in [6.45, 7) is 0. The summed E-state index contributed by atoms with van der Waals surface area (Å²) in [5.41, 5.74) is 16.8. The van der Waals surface area contributed by atoms with Gasteiger partial charge in [-0.1, -0.05) is 297 Å². The topological polar surface area (TPSA) is 13.1 Å². The number of benzene rings is 17. The Morgan fingerprint density at radius 2 is 0.540 bits per heavy atom. The van der Waals surface area contributed by atoms with Gasteiger partial charge in [0.05, 0.1) is 0 Å². The fraction of sp³-hybridized carbons (Fsp3) is 0. The summed E-state index contributed by atoms with van der Waals surface area (Å²) in [4.78, 5) is 0. The lowest BCUT2D eigenvalue weighted by Crippen LogP contribution is -1.92. The van der Waals surface area contributed by atoms with Gasteiger partial charge in [-0.2, -0.15) is 0 Å². The van der Waals surface area contributed by atoms with Crippen LogP contribution in [0, 0.1) is 0 Å². The first-order valence-corrected chi connectivity index (χ1v) is 30.0. The van der Waals surface area contributed by atoms with E-state index >= 15 is 0 Å². The maximum Gasteiger partial charge on any atom is 0.136 e. The molecule has 0 amide bonds. The molecule has 0 aliphatic rings. The van der Waals surface area contributed by atoms with Crippen LogP contribution in [-0.4, -0.2) is 0 Å². The standard InChI is InChI=1S/C46H30.C40H24O/c1-2-11-31(12-3-1)38-27-28-43-44(30-38)46(40-20-10-16-34-14-6-7-17-39(34)40)42-19-9-8-18-41(42)45(43)35-24-21-33(22-25-35)37-26-23-32-13-4-5-15-36(32)29-37;1-2-13-27-24-37-35(23-26(27)12-1)40-34(21-10-22-36(40)41-37)39-32-18-7-5-16-30(32)38(31-17-6-8-19-33(31)39)29-20-9-14-25-11-3-4-15-28(25)29/h1-30H;1-24H. The summed E-state index contributed by atoms with van der Waals surface area (Å²) in [5, 5.41) is 22.4. The predicted molar refractivity (Wildman–Crippen MR) is 373 cm³/mol. The SMILES string of the molecule is c1ccc(-c2ccc3c(-c4ccc(-c5ccc6ccccc6c5)cc4)c4ccccc4c(-c4cccc5ccccc45)c3c2)cc1.c1ccc2cc3c(cc2c1)oc1cccc(-c2c4ccccc4c(-c4cccc5ccccc45)c4ccccc24)c13. The summed E-state index contributed by atoms with van der Waals surface area (Å²) in [7, 11) is 0. The molecule has 404 valence electrons. The van der Waals surface area contributed by atoms with Crippen LogP contribution in [0.4, 0.5) is 0 Å². The predicted octanol–water partition coefficient (Wildman–Crippen LogP) is 24.5. The van der Waals surface area contributed by atoms with E-state index in [1.807, 2.05) is 0 Å². The molecular weight excluding hydrogens is 1050 g/mol. The smallest absolute Gasteiger partial charge is 0.136 e. The van der Waals surface area contributed by atoms with E-state index in [1.54, 1.807) is 0 Å². The van der Waals surface area contributed by atoms with E-state index in [1.165, 1.54) is 158 Å². The fourth-order valence-electron chi connectivity index (χ4n) is 14.1. The Bertz CT molecular complexity index is 5680. The lowest BCUT2D eigenvalue weighted by molar-refractivity contribution is 0.669. The fourth-order valence-corrected chi connectivity index (χ4v) is 14.1. The second kappa shape index (κ2) is 20.7. The molecule has 1 nitrogen and oxygen atoms in total. The van der Waals surface area contributed by atoms with Crippen molar-refractivity contribution in [1.82, 2.24) is 0 Å². The molecule has 0 spiro atoms. The molecule has 0 N–H and O–H groups in total. The minimum Gasteiger partial charge on any atom is -0.456 e. The highest BCUT2D eigenvalue weighted by Gasteiger charge is 2.23. The van der Waals surface area contributed by atoms with Gasteiger partial charge in [-0.25, -0.2) is 0 Å². The largest absolute Gasteiger partial charge is 0.456 e. The third-order valence-corrected chi connectivity index (χ3v) is 18.1. The molecule has 18 aromatic rings. The van der Waals surface area contributed by atoms with Crippen molar-refractivity contribution in [3.05, 3.63) is 328 Å². The number of furan rings is 1. The molecular formula is C86H54O. The Hall–Kier alpha value is -11.4. The van der Waals surface area contributed by atoms with Crippen molar-refractivity contribution in [2.75, 3.05) is 0 Å². The molecule has 0 unspecified atom stereocenters. The van der Waals surface area contributed by atoms with Gasteiger partial charge < -0.3 is 4.42 Å². The number of hydrogen-bond acceptors (Lipinski definition) is 1. The van der Waals surface area contributed by atoms with Crippen LogP contribution in [0.5, 0.6) is 0 Å². The van der Waals surface area contributed by atoms with Gasteiger partial charge in [0, 0.05) is 10.8 Å². The van der Waals surface area contributed by atoms with E-state index < -0.39 is 0 Å². The molecule has 0 aliphatic carbocycles. The molecule has 0 aliphatic heterocycles. The molecule has 17 aromatic carbocycles. The summed E-state index contributed by atoms with van der Waals surface area (Å²) in [6.07, 6.45) is 0. The Morgan fingerprint density at radius 1 is 0.161 bits per heavy atom. The van der Waals surface area contributed by atoms with Crippen molar-refractivity contribution in [3.8, 4) is 66.8 Å². The Labute approximate surface area is 503 Å². The van der Waals surface area contributed by atoms with Gasteiger partial charge >= 0.3 is 0 Å². The van der Waals surface area contributed by atoms with Crippen LogP contribution in [-0.2, 0) is 0 Å². The highest BCUT2D eigenvalue weighted by Crippen LogP contribution is 2.50. The van der Waals surface area contributed by atoms with Crippen molar-refractivity contribution < 1.29 is 4.42 Å². The zero-order valence-corrected chi connectivity index (χ0v) is 47.6.